The minimum atomic E-state index is -4.28. The van der Waals surface area contributed by atoms with Gasteiger partial charge in [-0.15, -0.1) is 0 Å². The second-order valence-electron chi connectivity index (χ2n) is 15.0. The van der Waals surface area contributed by atoms with Gasteiger partial charge in [0.2, 0.25) is 0 Å². The Morgan fingerprint density at radius 2 is 0.259 bits per heavy atom. The van der Waals surface area contributed by atoms with E-state index in [4.69, 9.17) is 98.8 Å². The first-order chi connectivity index (χ1) is 24.3. The predicted molar refractivity (Wildman–Crippen MR) is 200 cm³/mol. The van der Waals surface area contributed by atoms with Gasteiger partial charge in [0.25, 0.3) is 0 Å². The Balaban J connectivity index is 1.44. The van der Waals surface area contributed by atoms with Gasteiger partial charge < -0.3 is 98.8 Å². The highest BCUT2D eigenvalue weighted by molar-refractivity contribution is 7.02. The summed E-state index contributed by atoms with van der Waals surface area (Å²) >= 11 is 0. The predicted octanol–water partition coefficient (Wildman–Crippen LogP) is 0.439. The molecular weight excluding hydrogens is 1000 g/mol. The maximum Gasteiger partial charge on any atom is 0.553 e. The summed E-state index contributed by atoms with van der Waals surface area (Å²) in [5.41, 5.74) is 0. The molecule has 0 aromatic carbocycles. The lowest BCUT2D eigenvalue weighted by molar-refractivity contribution is -0.00537. The lowest BCUT2D eigenvalue weighted by Crippen LogP contribution is -2.84. The average molecular weight is 1040 g/mol. The van der Waals surface area contributed by atoms with Crippen LogP contribution in [0.5, 0.6) is 0 Å². The van der Waals surface area contributed by atoms with Crippen LogP contribution in [0.2, 0.25) is 91.7 Å². The maximum atomic E-state index is 6.97. The van der Waals surface area contributed by atoms with Crippen LogP contribution in [0, 0.1) is 0 Å². The van der Waals surface area contributed by atoms with Crippen LogP contribution in [-0.4, -0.2) is 142 Å². The first kappa shape index (κ1) is 41.8. The van der Waals surface area contributed by atoms with Crippen molar-refractivity contribution in [1.29, 1.82) is 0 Å². The van der Waals surface area contributed by atoms with E-state index in [0.717, 1.165) is 0 Å². The molecule has 10 fully saturated rings. The Bertz CT molecular complexity index is 1440. The van der Waals surface area contributed by atoms with Gasteiger partial charge in [-0.05, 0) is 0 Å². The molecule has 10 aliphatic heterocycles. The topological polar surface area (TPSA) is 222 Å². The molecule has 0 amide bonds. The Morgan fingerprint density at radius 1 is 0.167 bits per heavy atom. The van der Waals surface area contributed by atoms with Gasteiger partial charge in [-0.3, -0.25) is 0 Å². The van der Waals surface area contributed by atoms with E-state index in [9.17, 15) is 0 Å². The third-order valence-corrected chi connectivity index (χ3v) is 74.6. The Morgan fingerprint density at radius 3 is 0.370 bits per heavy atom. The zero-order valence-electron chi connectivity index (χ0n) is 31.8. The molecule has 10 saturated heterocycles. The van der Waals surface area contributed by atoms with Crippen LogP contribution in [0.3, 0.4) is 0 Å². The van der Waals surface area contributed by atoms with E-state index in [1.54, 1.807) is 91.7 Å². The van der Waals surface area contributed by atoms with Gasteiger partial charge in [0.15, 0.2) is 0 Å². The summed E-state index contributed by atoms with van der Waals surface area (Å²) < 4.78 is 166. The molecule has 4 atom stereocenters. The quantitative estimate of drug-likeness (QED) is 0.301. The fraction of sp³-hybridized carbons (Fsp3) is 1.00. The molecule has 306 valence electrons. The van der Waals surface area contributed by atoms with Gasteiger partial charge in [0.05, 0.1) is 0 Å². The highest BCUT2D eigenvalue weighted by Gasteiger charge is 2.78. The minimum Gasteiger partial charge on any atom is -0.374 e. The van der Waals surface area contributed by atoms with Crippen molar-refractivity contribution in [2.24, 2.45) is 0 Å². The smallest absolute Gasteiger partial charge is 0.374 e. The normalized spacial score (nSPS) is 63.2. The highest BCUT2D eigenvalue weighted by atomic mass is 28.6. The Kier molecular flexibility index (Phi) is 9.42. The summed E-state index contributed by atoms with van der Waals surface area (Å²) in [5, 5.41) is 0. The SMILES string of the molecule is C[Si]12O[Si]3O[Si]4(C)O[Si]5(C)O[Si]6(C)O[Si]7O[Si](C)(O[Si](C)(O1)O5)O[Si](C)(O2)O[Si]1(C)O[Si](C)(O3)O[Si]2(C)O[Si](C)(O[Si](C)(O7)O1)O[Si](C)(O6)O[Si](C)(O4)O2. The Hall–Kier alpha value is 2.51. The molecule has 0 aliphatic carbocycles. The van der Waals surface area contributed by atoms with Crippen molar-refractivity contribution in [2.45, 2.75) is 91.7 Å². The number of hydrogen-bond acceptors (Lipinski definition) is 24. The van der Waals surface area contributed by atoms with Gasteiger partial charge >= 0.3 is 142 Å². The van der Waals surface area contributed by atoms with Crippen molar-refractivity contribution in [3.8, 4) is 0 Å². The third kappa shape index (κ3) is 7.91. The van der Waals surface area contributed by atoms with Crippen LogP contribution in [-0.2, 0) is 98.8 Å². The van der Waals surface area contributed by atoms with E-state index in [2.05, 4.69) is 0 Å². The molecular formula is C14H42O24Si16. The van der Waals surface area contributed by atoms with E-state index >= 15 is 0 Å². The number of rotatable bonds is 0. The summed E-state index contributed by atoms with van der Waals surface area (Å²) in [4.78, 5) is 0. The van der Waals surface area contributed by atoms with E-state index in [1.807, 2.05) is 0 Å². The van der Waals surface area contributed by atoms with E-state index < -0.39 is 142 Å². The van der Waals surface area contributed by atoms with Crippen LogP contribution in [0.1, 0.15) is 0 Å². The fourth-order valence-electron chi connectivity index (χ4n) is 7.97. The molecule has 0 aromatic heterocycles. The molecule has 0 N–H and O–H groups in total. The molecule has 0 aromatic rings. The minimum absolute atomic E-state index is 1.64. The second-order valence-corrected chi connectivity index (χ2v) is 59.8. The van der Waals surface area contributed by atoms with Gasteiger partial charge in [0, 0.05) is 91.7 Å². The lowest BCUT2D eigenvalue weighted by atomic mass is 11.9. The van der Waals surface area contributed by atoms with E-state index in [0.29, 0.717) is 0 Å². The van der Waals surface area contributed by atoms with Crippen LogP contribution >= 0.6 is 0 Å². The zero-order valence-corrected chi connectivity index (χ0v) is 47.8. The van der Waals surface area contributed by atoms with Crippen molar-refractivity contribution in [2.75, 3.05) is 0 Å². The monoisotopic (exact) mass is 1040 g/mol. The van der Waals surface area contributed by atoms with Gasteiger partial charge in [0.1, 0.15) is 0 Å². The zero-order chi connectivity index (χ0) is 39.1. The van der Waals surface area contributed by atoms with Crippen molar-refractivity contribution in [1.82, 2.24) is 0 Å². The lowest BCUT2D eigenvalue weighted by Gasteiger charge is -2.58. The van der Waals surface area contributed by atoms with Gasteiger partial charge in [-0.1, -0.05) is 0 Å². The summed E-state index contributed by atoms with van der Waals surface area (Å²) in [6, 6.07) is 0. The first-order valence-electron chi connectivity index (χ1n) is 16.8. The highest BCUT2D eigenvalue weighted by Crippen LogP contribution is 2.48. The summed E-state index contributed by atoms with van der Waals surface area (Å²) in [6.07, 6.45) is 0. The van der Waals surface area contributed by atoms with Crippen molar-refractivity contribution >= 4 is 142 Å². The molecule has 10 rings (SSSR count). The standard InChI is InChI=1S/C14H42O24Si16/c1-41-15-39-17-43(3)25-49(9)27-45(5)19-40-16-42(2,23-47(7,21-41)33-49)24-48(8,22-41)34-50(10)26-44(4,18-39)30-52(12)35-51(11,29-43)37-53(13,31-45)36-54(14,38-52)32-46(6,20-40)28-50/h1-14H3. The van der Waals surface area contributed by atoms with Crippen LogP contribution in [0.15, 0.2) is 0 Å². The molecule has 0 spiro atoms. The fourth-order valence-corrected chi connectivity index (χ4v) is 89.7. The molecule has 10 aliphatic rings. The third-order valence-electron chi connectivity index (χ3n) is 8.29. The summed E-state index contributed by atoms with van der Waals surface area (Å²) in [6.45, 7) is 23.1. The number of hydrogen-bond donors (Lipinski definition) is 0. The molecule has 54 heavy (non-hydrogen) atoms. The Labute approximate surface area is 330 Å². The largest absolute Gasteiger partial charge is 0.553 e. The molecule has 10 heterocycles. The second kappa shape index (κ2) is 12.2. The van der Waals surface area contributed by atoms with Gasteiger partial charge in [-0.25, -0.2) is 0 Å². The summed E-state index contributed by atoms with van der Waals surface area (Å²) in [5.74, 6) is 0. The molecule has 0 saturated carbocycles. The van der Waals surface area contributed by atoms with Crippen LogP contribution < -0.4 is 0 Å². The van der Waals surface area contributed by atoms with Crippen LogP contribution in [0.4, 0.5) is 0 Å². The van der Waals surface area contributed by atoms with Crippen molar-refractivity contribution < 1.29 is 98.8 Å². The molecule has 24 nitrogen and oxygen atoms in total. The molecule has 4 unspecified atom stereocenters. The summed E-state index contributed by atoms with van der Waals surface area (Å²) in [7, 11) is -65.3. The van der Waals surface area contributed by atoms with Crippen molar-refractivity contribution in [3.63, 3.8) is 0 Å². The van der Waals surface area contributed by atoms with Crippen LogP contribution in [0.25, 0.3) is 0 Å². The first-order valence-corrected chi connectivity index (χ1v) is 50.4. The average Bonchev–Trinajstić information content (AvgIpc) is 2.77. The molecule has 40 heteroatoms. The van der Waals surface area contributed by atoms with E-state index in [-0.39, 0.29) is 0 Å². The van der Waals surface area contributed by atoms with E-state index in [1.165, 1.54) is 0 Å². The van der Waals surface area contributed by atoms with Gasteiger partial charge in [-0.2, -0.15) is 0 Å². The molecule has 2 radical (unpaired) electrons. The maximum absolute atomic E-state index is 6.97. The van der Waals surface area contributed by atoms with Crippen molar-refractivity contribution in [3.05, 3.63) is 0 Å². The molecule has 16 bridgehead atoms.